The second-order valence-electron chi connectivity index (χ2n) is 5.73. The van der Waals surface area contributed by atoms with E-state index in [0.29, 0.717) is 5.92 Å². The van der Waals surface area contributed by atoms with E-state index in [1.54, 1.807) is 0 Å². The molecule has 100 valence electrons. The molecule has 1 aromatic heterocycles. The van der Waals surface area contributed by atoms with E-state index in [-0.39, 0.29) is 5.54 Å². The highest BCUT2D eigenvalue weighted by Gasteiger charge is 2.38. The Kier molecular flexibility index (Phi) is 3.11. The maximum atomic E-state index is 6.46. The molecule has 1 saturated carbocycles. The van der Waals surface area contributed by atoms with Gasteiger partial charge in [-0.15, -0.1) is 0 Å². The molecule has 0 bridgehead atoms. The van der Waals surface area contributed by atoms with Crippen molar-refractivity contribution in [2.45, 2.75) is 50.5 Å². The summed E-state index contributed by atoms with van der Waals surface area (Å²) < 4.78 is 5.33. The zero-order valence-corrected chi connectivity index (χ0v) is 11.1. The van der Waals surface area contributed by atoms with Crippen LogP contribution in [0.2, 0.25) is 0 Å². The monoisotopic (exact) mass is 250 g/mol. The Morgan fingerprint density at radius 2 is 2.11 bits per heavy atom. The Morgan fingerprint density at radius 1 is 1.39 bits per heavy atom. The quantitative estimate of drug-likeness (QED) is 0.879. The molecule has 2 N–H and O–H groups in total. The van der Waals surface area contributed by atoms with E-state index in [9.17, 15) is 0 Å². The molecular formula is C13H22N4O. The standard InChI is InChI=1S/C13H22N4O/c1-2-7-17-8-5-13(14,6-9-17)12-15-11(18-16-12)10-3-4-10/h10H,2-9,14H2,1H3. The fourth-order valence-electron chi connectivity index (χ4n) is 2.65. The highest BCUT2D eigenvalue weighted by Crippen LogP contribution is 2.40. The van der Waals surface area contributed by atoms with Gasteiger partial charge in [-0.25, -0.2) is 0 Å². The van der Waals surface area contributed by atoms with Crippen LogP contribution in [-0.4, -0.2) is 34.7 Å². The van der Waals surface area contributed by atoms with Crippen LogP contribution in [0.4, 0.5) is 0 Å². The molecule has 0 aromatic carbocycles. The number of hydrogen-bond donors (Lipinski definition) is 1. The Hall–Kier alpha value is -0.940. The molecule has 0 spiro atoms. The maximum Gasteiger partial charge on any atom is 0.229 e. The van der Waals surface area contributed by atoms with Gasteiger partial charge in [-0.3, -0.25) is 0 Å². The van der Waals surface area contributed by atoms with E-state index in [1.165, 1.54) is 19.3 Å². The molecule has 1 saturated heterocycles. The van der Waals surface area contributed by atoms with Gasteiger partial charge in [-0.1, -0.05) is 12.1 Å². The van der Waals surface area contributed by atoms with Gasteiger partial charge in [0.05, 0.1) is 5.54 Å². The van der Waals surface area contributed by atoms with Crippen LogP contribution in [0.5, 0.6) is 0 Å². The summed E-state index contributed by atoms with van der Waals surface area (Å²) in [5.41, 5.74) is 6.09. The lowest BCUT2D eigenvalue weighted by Crippen LogP contribution is -2.48. The van der Waals surface area contributed by atoms with Gasteiger partial charge >= 0.3 is 0 Å². The van der Waals surface area contributed by atoms with Crippen molar-refractivity contribution in [1.82, 2.24) is 15.0 Å². The molecular weight excluding hydrogens is 228 g/mol. The molecule has 1 aliphatic heterocycles. The first-order valence-corrected chi connectivity index (χ1v) is 7.06. The SMILES string of the molecule is CCCN1CCC(N)(c2noc(C3CC3)n2)CC1. The molecule has 1 aromatic rings. The first-order valence-electron chi connectivity index (χ1n) is 7.06. The molecule has 1 aliphatic carbocycles. The van der Waals surface area contributed by atoms with Crippen molar-refractivity contribution in [3.8, 4) is 0 Å². The van der Waals surface area contributed by atoms with Gasteiger partial charge in [0.2, 0.25) is 5.89 Å². The third-order valence-electron chi connectivity index (χ3n) is 4.10. The number of aromatic nitrogens is 2. The predicted molar refractivity (Wildman–Crippen MR) is 68.1 cm³/mol. The Balaban J connectivity index is 1.66. The summed E-state index contributed by atoms with van der Waals surface area (Å²) in [5, 5.41) is 4.11. The van der Waals surface area contributed by atoms with E-state index < -0.39 is 0 Å². The van der Waals surface area contributed by atoms with Crippen molar-refractivity contribution >= 4 is 0 Å². The number of likely N-dealkylation sites (tertiary alicyclic amines) is 1. The van der Waals surface area contributed by atoms with Gasteiger partial charge in [0, 0.05) is 19.0 Å². The van der Waals surface area contributed by atoms with E-state index in [0.717, 1.165) is 44.2 Å². The first-order chi connectivity index (χ1) is 8.71. The van der Waals surface area contributed by atoms with Gasteiger partial charge in [-0.05, 0) is 38.6 Å². The van der Waals surface area contributed by atoms with Crippen LogP contribution in [0.1, 0.15) is 56.7 Å². The number of hydrogen-bond acceptors (Lipinski definition) is 5. The molecule has 2 aliphatic rings. The van der Waals surface area contributed by atoms with E-state index in [1.807, 2.05) is 0 Å². The van der Waals surface area contributed by atoms with Gasteiger partial charge in [0.1, 0.15) is 0 Å². The van der Waals surface area contributed by atoms with Crippen LogP contribution in [0.3, 0.4) is 0 Å². The summed E-state index contributed by atoms with van der Waals surface area (Å²) in [4.78, 5) is 6.98. The van der Waals surface area contributed by atoms with Crippen molar-refractivity contribution in [2.24, 2.45) is 5.73 Å². The van der Waals surface area contributed by atoms with Crippen molar-refractivity contribution in [2.75, 3.05) is 19.6 Å². The summed E-state index contributed by atoms with van der Waals surface area (Å²) in [6.07, 6.45) is 5.42. The molecule has 0 radical (unpaired) electrons. The number of rotatable bonds is 4. The third kappa shape index (κ3) is 2.29. The normalized spacial score (nSPS) is 24.3. The number of piperidine rings is 1. The second kappa shape index (κ2) is 4.63. The minimum atomic E-state index is -0.374. The molecule has 5 heteroatoms. The van der Waals surface area contributed by atoms with Gasteiger partial charge in [0.25, 0.3) is 0 Å². The third-order valence-corrected chi connectivity index (χ3v) is 4.10. The van der Waals surface area contributed by atoms with Crippen LogP contribution in [0.25, 0.3) is 0 Å². The van der Waals surface area contributed by atoms with E-state index >= 15 is 0 Å². The zero-order valence-electron chi connectivity index (χ0n) is 11.1. The topological polar surface area (TPSA) is 68.2 Å². The first kappa shape index (κ1) is 12.1. The van der Waals surface area contributed by atoms with Gasteiger partial charge < -0.3 is 15.2 Å². The van der Waals surface area contributed by atoms with Gasteiger partial charge in [-0.2, -0.15) is 4.98 Å². The average Bonchev–Trinajstić information content (AvgIpc) is 3.10. The van der Waals surface area contributed by atoms with Crippen molar-refractivity contribution in [1.29, 1.82) is 0 Å². The predicted octanol–water partition coefficient (Wildman–Crippen LogP) is 1.61. The lowest BCUT2D eigenvalue weighted by molar-refractivity contribution is 0.154. The Bertz CT molecular complexity index is 405. The van der Waals surface area contributed by atoms with Crippen LogP contribution in [0.15, 0.2) is 4.52 Å². The fraction of sp³-hybridized carbons (Fsp3) is 0.846. The van der Waals surface area contributed by atoms with Crippen LogP contribution >= 0.6 is 0 Å². The lowest BCUT2D eigenvalue weighted by Gasteiger charge is -2.36. The van der Waals surface area contributed by atoms with E-state index in [4.69, 9.17) is 10.3 Å². The summed E-state index contributed by atoms with van der Waals surface area (Å²) in [6.45, 7) is 5.45. The molecule has 0 unspecified atom stereocenters. The zero-order chi connectivity index (χ0) is 12.6. The van der Waals surface area contributed by atoms with Crippen LogP contribution in [-0.2, 0) is 5.54 Å². The van der Waals surface area contributed by atoms with Crippen LogP contribution in [0, 0.1) is 0 Å². The second-order valence-corrected chi connectivity index (χ2v) is 5.73. The Labute approximate surface area is 108 Å². The average molecular weight is 250 g/mol. The molecule has 3 rings (SSSR count). The van der Waals surface area contributed by atoms with Crippen molar-refractivity contribution < 1.29 is 4.52 Å². The number of nitrogens with zero attached hydrogens (tertiary/aromatic N) is 3. The minimum absolute atomic E-state index is 0.374. The minimum Gasteiger partial charge on any atom is -0.339 e. The molecule has 2 heterocycles. The summed E-state index contributed by atoms with van der Waals surface area (Å²) >= 11 is 0. The fourth-order valence-corrected chi connectivity index (χ4v) is 2.65. The van der Waals surface area contributed by atoms with Crippen molar-refractivity contribution in [3.63, 3.8) is 0 Å². The van der Waals surface area contributed by atoms with E-state index in [2.05, 4.69) is 22.0 Å². The summed E-state index contributed by atoms with van der Waals surface area (Å²) in [6, 6.07) is 0. The summed E-state index contributed by atoms with van der Waals surface area (Å²) in [5.74, 6) is 2.03. The number of nitrogens with two attached hydrogens (primary N) is 1. The lowest BCUT2D eigenvalue weighted by atomic mass is 9.88. The highest BCUT2D eigenvalue weighted by atomic mass is 16.5. The summed E-state index contributed by atoms with van der Waals surface area (Å²) in [7, 11) is 0. The molecule has 18 heavy (non-hydrogen) atoms. The Morgan fingerprint density at radius 3 is 2.72 bits per heavy atom. The molecule has 5 nitrogen and oxygen atoms in total. The molecule has 2 fully saturated rings. The van der Waals surface area contributed by atoms with Crippen LogP contribution < -0.4 is 5.73 Å². The largest absolute Gasteiger partial charge is 0.339 e. The van der Waals surface area contributed by atoms with Gasteiger partial charge in [0.15, 0.2) is 5.82 Å². The smallest absolute Gasteiger partial charge is 0.229 e. The molecule has 0 atom stereocenters. The maximum absolute atomic E-state index is 6.46. The highest BCUT2D eigenvalue weighted by molar-refractivity contribution is 5.10. The van der Waals surface area contributed by atoms with Crippen molar-refractivity contribution in [3.05, 3.63) is 11.7 Å². The molecule has 0 amide bonds.